The van der Waals surface area contributed by atoms with E-state index in [1.54, 1.807) is 18.5 Å². The number of phenolic OH excluding ortho intramolecular Hbond substituents is 1. The Labute approximate surface area is 117 Å². The summed E-state index contributed by atoms with van der Waals surface area (Å²) in [6.45, 7) is 0.606. The van der Waals surface area contributed by atoms with E-state index < -0.39 is 0 Å². The fourth-order valence-corrected chi connectivity index (χ4v) is 2.14. The number of para-hydroxylation sites is 1. The van der Waals surface area contributed by atoms with E-state index in [-0.39, 0.29) is 0 Å². The highest BCUT2D eigenvalue weighted by atomic mass is 16.3. The zero-order chi connectivity index (χ0) is 13.8. The third-order valence-electron chi connectivity index (χ3n) is 3.20. The van der Waals surface area contributed by atoms with Crippen LogP contribution < -0.4 is 0 Å². The highest BCUT2D eigenvalue weighted by Gasteiger charge is 2.07. The summed E-state index contributed by atoms with van der Waals surface area (Å²) in [6.07, 6.45) is 6.16. The average Bonchev–Trinajstić information content (AvgIpc) is 2.90. The second-order valence-electron chi connectivity index (χ2n) is 4.60. The van der Waals surface area contributed by atoms with Crippen molar-refractivity contribution in [1.29, 1.82) is 0 Å². The van der Waals surface area contributed by atoms with Gasteiger partial charge in [0, 0.05) is 36.3 Å². The van der Waals surface area contributed by atoms with Crippen LogP contribution in [0.3, 0.4) is 0 Å². The summed E-state index contributed by atoms with van der Waals surface area (Å²) in [5, 5.41) is 9.84. The maximum atomic E-state index is 9.84. The molecule has 0 atom stereocenters. The predicted octanol–water partition coefficient (Wildman–Crippen LogP) is 2.62. The average molecular weight is 265 g/mol. The van der Waals surface area contributed by atoms with Gasteiger partial charge in [0.15, 0.2) is 0 Å². The Morgan fingerprint density at radius 2 is 1.80 bits per heavy atom. The van der Waals surface area contributed by atoms with Crippen LogP contribution in [0.25, 0.3) is 0 Å². The zero-order valence-electron chi connectivity index (χ0n) is 11.0. The predicted molar refractivity (Wildman–Crippen MR) is 76.5 cm³/mol. The Morgan fingerprint density at radius 3 is 2.60 bits per heavy atom. The van der Waals surface area contributed by atoms with Gasteiger partial charge >= 0.3 is 0 Å². The van der Waals surface area contributed by atoms with Gasteiger partial charge in [0.1, 0.15) is 11.6 Å². The molecule has 2 aromatic heterocycles. The van der Waals surface area contributed by atoms with Crippen molar-refractivity contribution < 1.29 is 5.11 Å². The minimum atomic E-state index is 0.310. The van der Waals surface area contributed by atoms with E-state index in [1.165, 1.54) is 0 Å². The van der Waals surface area contributed by atoms with Crippen LogP contribution in [0, 0.1) is 0 Å². The topological polar surface area (TPSA) is 50.9 Å². The summed E-state index contributed by atoms with van der Waals surface area (Å²) in [4.78, 5) is 8.70. The maximum Gasteiger partial charge on any atom is 0.120 e. The van der Waals surface area contributed by atoms with Crippen LogP contribution in [0.5, 0.6) is 5.75 Å². The molecule has 2 heterocycles. The third-order valence-corrected chi connectivity index (χ3v) is 3.20. The molecule has 1 aromatic carbocycles. The van der Waals surface area contributed by atoms with Gasteiger partial charge in [-0.2, -0.15) is 0 Å². The summed E-state index contributed by atoms with van der Waals surface area (Å²) >= 11 is 0. The maximum absolute atomic E-state index is 9.84. The number of benzene rings is 1. The number of aromatic hydroxyl groups is 1. The summed E-state index contributed by atoms with van der Waals surface area (Å²) < 4.78 is 2.03. The standard InChI is InChI=1S/C16H15N3O/c20-15-7-2-1-5-13(15)12-19-10-9-18-16(19)11-14-6-3-4-8-17-14/h1-10,20H,11-12H2. The summed E-state index contributed by atoms with van der Waals surface area (Å²) in [6, 6.07) is 13.2. The SMILES string of the molecule is Oc1ccccc1Cn1ccnc1Cc1ccccn1. The van der Waals surface area contributed by atoms with Crippen molar-refractivity contribution in [2.24, 2.45) is 0 Å². The number of aromatic nitrogens is 3. The van der Waals surface area contributed by atoms with Gasteiger partial charge in [0.05, 0.1) is 6.54 Å². The minimum absolute atomic E-state index is 0.310. The molecule has 0 saturated heterocycles. The Balaban J connectivity index is 1.82. The van der Waals surface area contributed by atoms with E-state index >= 15 is 0 Å². The summed E-state index contributed by atoms with van der Waals surface area (Å²) in [5.41, 5.74) is 1.87. The lowest BCUT2D eigenvalue weighted by Gasteiger charge is -2.09. The first kappa shape index (κ1) is 12.4. The molecule has 3 rings (SSSR count). The molecule has 0 bridgehead atoms. The Morgan fingerprint density at radius 1 is 0.950 bits per heavy atom. The zero-order valence-corrected chi connectivity index (χ0v) is 11.0. The molecule has 20 heavy (non-hydrogen) atoms. The van der Waals surface area contributed by atoms with E-state index in [9.17, 15) is 5.11 Å². The smallest absolute Gasteiger partial charge is 0.120 e. The highest BCUT2D eigenvalue weighted by molar-refractivity contribution is 5.32. The molecule has 3 aromatic rings. The van der Waals surface area contributed by atoms with Gasteiger partial charge in [-0.1, -0.05) is 24.3 Å². The van der Waals surface area contributed by atoms with E-state index in [1.807, 2.05) is 47.2 Å². The summed E-state index contributed by atoms with van der Waals surface area (Å²) in [5.74, 6) is 1.25. The second kappa shape index (κ2) is 5.57. The van der Waals surface area contributed by atoms with Crippen molar-refractivity contribution in [3.8, 4) is 5.75 Å². The lowest BCUT2D eigenvalue weighted by Crippen LogP contribution is -2.06. The third kappa shape index (κ3) is 2.69. The number of hydrogen-bond acceptors (Lipinski definition) is 3. The van der Waals surface area contributed by atoms with Crippen molar-refractivity contribution in [1.82, 2.24) is 14.5 Å². The van der Waals surface area contributed by atoms with Gasteiger partial charge in [0.25, 0.3) is 0 Å². The lowest BCUT2D eigenvalue weighted by molar-refractivity contribution is 0.465. The number of rotatable bonds is 4. The van der Waals surface area contributed by atoms with Crippen LogP contribution in [0.4, 0.5) is 0 Å². The van der Waals surface area contributed by atoms with Gasteiger partial charge in [-0.05, 0) is 18.2 Å². The van der Waals surface area contributed by atoms with Crippen LogP contribution in [0.2, 0.25) is 0 Å². The molecule has 0 amide bonds. The number of nitrogens with zero attached hydrogens (tertiary/aromatic N) is 3. The van der Waals surface area contributed by atoms with E-state index in [2.05, 4.69) is 9.97 Å². The van der Waals surface area contributed by atoms with E-state index in [4.69, 9.17) is 0 Å². The fraction of sp³-hybridized carbons (Fsp3) is 0.125. The fourth-order valence-electron chi connectivity index (χ4n) is 2.14. The van der Waals surface area contributed by atoms with Crippen LogP contribution in [0.15, 0.2) is 61.1 Å². The number of pyridine rings is 1. The molecule has 0 fully saturated rings. The van der Waals surface area contributed by atoms with Gasteiger partial charge in [-0.3, -0.25) is 4.98 Å². The second-order valence-corrected chi connectivity index (χ2v) is 4.60. The van der Waals surface area contributed by atoms with Gasteiger partial charge < -0.3 is 9.67 Å². The Hall–Kier alpha value is -2.62. The number of phenols is 1. The van der Waals surface area contributed by atoms with Crippen LogP contribution >= 0.6 is 0 Å². The van der Waals surface area contributed by atoms with Crippen molar-refractivity contribution in [3.05, 3.63) is 78.1 Å². The largest absolute Gasteiger partial charge is 0.508 e. The van der Waals surface area contributed by atoms with Crippen LogP contribution in [-0.4, -0.2) is 19.6 Å². The molecule has 0 unspecified atom stereocenters. The molecule has 0 aliphatic rings. The first-order valence-corrected chi connectivity index (χ1v) is 6.50. The quantitative estimate of drug-likeness (QED) is 0.789. The Bertz CT molecular complexity index is 692. The van der Waals surface area contributed by atoms with Crippen LogP contribution in [-0.2, 0) is 13.0 Å². The monoisotopic (exact) mass is 265 g/mol. The van der Waals surface area contributed by atoms with Crippen molar-refractivity contribution >= 4 is 0 Å². The number of imidazole rings is 1. The van der Waals surface area contributed by atoms with Crippen LogP contribution in [0.1, 0.15) is 17.1 Å². The molecule has 0 aliphatic heterocycles. The van der Waals surface area contributed by atoms with Crippen molar-refractivity contribution in [3.63, 3.8) is 0 Å². The molecule has 0 saturated carbocycles. The Kier molecular flexibility index (Phi) is 3.46. The molecule has 1 N–H and O–H groups in total. The van der Waals surface area contributed by atoms with Crippen molar-refractivity contribution in [2.75, 3.05) is 0 Å². The lowest BCUT2D eigenvalue weighted by atomic mass is 10.2. The van der Waals surface area contributed by atoms with Gasteiger partial charge in [-0.25, -0.2) is 4.98 Å². The normalized spacial score (nSPS) is 10.6. The molecular weight excluding hydrogens is 250 g/mol. The van der Waals surface area contributed by atoms with E-state index in [0.717, 1.165) is 17.1 Å². The minimum Gasteiger partial charge on any atom is -0.508 e. The van der Waals surface area contributed by atoms with Gasteiger partial charge in [0.2, 0.25) is 0 Å². The first-order chi connectivity index (χ1) is 9.83. The molecular formula is C16H15N3O. The van der Waals surface area contributed by atoms with Crippen molar-refractivity contribution in [2.45, 2.75) is 13.0 Å². The molecule has 100 valence electrons. The van der Waals surface area contributed by atoms with Gasteiger partial charge in [-0.15, -0.1) is 0 Å². The molecule has 0 radical (unpaired) electrons. The molecule has 4 nitrogen and oxygen atoms in total. The molecule has 4 heteroatoms. The highest BCUT2D eigenvalue weighted by Crippen LogP contribution is 2.18. The molecule has 0 aliphatic carbocycles. The first-order valence-electron chi connectivity index (χ1n) is 6.50. The van der Waals surface area contributed by atoms with E-state index in [0.29, 0.717) is 18.7 Å². The number of hydrogen-bond donors (Lipinski definition) is 1. The molecule has 0 spiro atoms. The summed E-state index contributed by atoms with van der Waals surface area (Å²) in [7, 11) is 0.